The van der Waals surface area contributed by atoms with Gasteiger partial charge in [-0.1, -0.05) is 95.9 Å². The van der Waals surface area contributed by atoms with Gasteiger partial charge in [-0.15, -0.1) is 5.10 Å². The number of H-pyrrole nitrogens is 1. The Morgan fingerprint density at radius 1 is 1.05 bits per heavy atom. The van der Waals surface area contributed by atoms with Gasteiger partial charge in [-0.2, -0.15) is 4.63 Å². The molecule has 0 aliphatic carbocycles. The van der Waals surface area contributed by atoms with E-state index in [1.54, 1.807) is 4.63 Å². The van der Waals surface area contributed by atoms with Crippen LogP contribution in [0, 0.1) is 13.8 Å². The number of aromatic nitrogens is 4. The first kappa shape index (κ1) is 31.0. The van der Waals surface area contributed by atoms with Crippen molar-refractivity contribution in [2.45, 2.75) is 124 Å². The third-order valence-corrected chi connectivity index (χ3v) is 7.80. The number of ether oxygens (including phenoxy) is 1. The lowest BCUT2D eigenvalue weighted by Gasteiger charge is -2.22. The van der Waals surface area contributed by atoms with Crippen LogP contribution in [0.4, 0.5) is 0 Å². The maximum absolute atomic E-state index is 13.4. The van der Waals surface area contributed by atoms with Gasteiger partial charge in [-0.3, -0.25) is 9.89 Å². The van der Waals surface area contributed by atoms with E-state index >= 15 is 0 Å². The fourth-order valence-electron chi connectivity index (χ4n) is 4.82. The summed E-state index contributed by atoms with van der Waals surface area (Å²) in [4.78, 5) is 18.0. The van der Waals surface area contributed by atoms with Gasteiger partial charge in [0.25, 0.3) is 5.91 Å². The number of carbonyl (C=O) groups is 1. The molecule has 2 unspecified atom stereocenters. The molecule has 2 aromatic heterocycles. The Kier molecular flexibility index (Phi) is 12.6. The molecule has 0 saturated carbocycles. The third kappa shape index (κ3) is 9.26. The van der Waals surface area contributed by atoms with Crippen LogP contribution in [0.25, 0.3) is 5.65 Å². The first-order valence-electron chi connectivity index (χ1n) is 15.0. The number of fused-ring (bicyclic) bond motifs is 1. The highest BCUT2D eigenvalue weighted by Gasteiger charge is 2.23. The molecule has 8 heteroatoms. The molecule has 0 spiro atoms. The molecular weight excluding hydrogens is 510 g/mol. The van der Waals surface area contributed by atoms with Crippen molar-refractivity contribution in [1.29, 1.82) is 0 Å². The number of unbranched alkanes of at least 4 members (excludes halogenated alkanes) is 8. The average molecular weight is 558 g/mol. The molecule has 0 radical (unpaired) electrons. The van der Waals surface area contributed by atoms with E-state index in [-0.39, 0.29) is 11.8 Å². The van der Waals surface area contributed by atoms with E-state index in [1.807, 2.05) is 13.8 Å². The van der Waals surface area contributed by atoms with Crippen LogP contribution in [0.3, 0.4) is 0 Å². The molecule has 2 heterocycles. The van der Waals surface area contributed by atoms with Gasteiger partial charge in [0.05, 0.1) is 5.69 Å². The molecule has 7 nitrogen and oxygen atoms in total. The lowest BCUT2D eigenvalue weighted by molar-refractivity contribution is -0.128. The van der Waals surface area contributed by atoms with Crippen LogP contribution in [0.2, 0.25) is 5.02 Å². The number of hydrogen-bond acceptors (Lipinski definition) is 4. The van der Waals surface area contributed by atoms with Crippen molar-refractivity contribution in [1.82, 2.24) is 25.1 Å². The number of carbonyl (C=O) groups excluding carboxylic acids is 1. The standard InChI is InChI=1S/C31H48ClN5O2/c1-6-8-10-12-13-14-16-25-19-18-22(3)20-27(25)39-26(17-15-11-9-7-2)31(38)33-21-23(4)29-34-30-28(32)24(5)35-37(30)36-29/h18-20,23,26,35H,6-17,21H2,1-5H3,(H,33,38). The van der Waals surface area contributed by atoms with E-state index in [2.05, 4.69) is 59.5 Å². The highest BCUT2D eigenvalue weighted by molar-refractivity contribution is 6.34. The van der Waals surface area contributed by atoms with Crippen LogP contribution in [-0.2, 0) is 11.2 Å². The van der Waals surface area contributed by atoms with Crippen molar-refractivity contribution in [3.05, 3.63) is 45.9 Å². The number of benzene rings is 1. The summed E-state index contributed by atoms with van der Waals surface area (Å²) >= 11 is 6.32. The van der Waals surface area contributed by atoms with Crippen LogP contribution < -0.4 is 10.1 Å². The minimum Gasteiger partial charge on any atom is -0.480 e. The molecule has 0 bridgehead atoms. The summed E-state index contributed by atoms with van der Waals surface area (Å²) in [6.45, 7) is 10.8. The zero-order valence-corrected chi connectivity index (χ0v) is 25.4. The fourth-order valence-corrected chi connectivity index (χ4v) is 4.98. The molecule has 3 rings (SSSR count). The van der Waals surface area contributed by atoms with E-state index in [0.717, 1.165) is 49.1 Å². The summed E-state index contributed by atoms with van der Waals surface area (Å²) in [6, 6.07) is 6.40. The van der Waals surface area contributed by atoms with Crippen LogP contribution >= 0.6 is 11.6 Å². The first-order valence-corrected chi connectivity index (χ1v) is 15.4. The Balaban J connectivity index is 1.64. The minimum atomic E-state index is -0.527. The fraction of sp³-hybridized carbons (Fsp3) is 0.645. The van der Waals surface area contributed by atoms with Crippen molar-refractivity contribution >= 4 is 23.2 Å². The van der Waals surface area contributed by atoms with Gasteiger partial charge in [0, 0.05) is 12.5 Å². The Morgan fingerprint density at radius 2 is 1.74 bits per heavy atom. The summed E-state index contributed by atoms with van der Waals surface area (Å²) in [5, 5.41) is 11.3. The molecule has 3 aromatic rings. The van der Waals surface area contributed by atoms with Gasteiger partial charge in [0.1, 0.15) is 10.8 Å². The first-order chi connectivity index (χ1) is 18.8. The van der Waals surface area contributed by atoms with Gasteiger partial charge in [0.2, 0.25) is 0 Å². The number of nitrogens with one attached hydrogen (secondary N) is 2. The lowest BCUT2D eigenvalue weighted by atomic mass is 10.0. The monoisotopic (exact) mass is 557 g/mol. The predicted molar refractivity (Wildman–Crippen MR) is 160 cm³/mol. The SMILES string of the molecule is CCCCCCCCc1ccc(C)cc1OC(CCCCCC)C(=O)NCC(C)c1nc2c(Cl)c(C)[nH]n2n1. The maximum Gasteiger partial charge on any atom is 0.261 e. The zero-order valence-electron chi connectivity index (χ0n) is 24.6. The van der Waals surface area contributed by atoms with Gasteiger partial charge >= 0.3 is 0 Å². The van der Waals surface area contributed by atoms with Crippen molar-refractivity contribution in [3.8, 4) is 5.75 Å². The Hall–Kier alpha value is -2.54. The number of aryl methyl sites for hydroxylation is 3. The molecule has 0 aliphatic heterocycles. The third-order valence-electron chi connectivity index (χ3n) is 7.35. The second-order valence-electron chi connectivity index (χ2n) is 11.0. The highest BCUT2D eigenvalue weighted by Crippen LogP contribution is 2.26. The van der Waals surface area contributed by atoms with E-state index in [0.29, 0.717) is 29.5 Å². The molecule has 39 heavy (non-hydrogen) atoms. The molecule has 2 atom stereocenters. The number of rotatable bonds is 18. The molecule has 1 amide bonds. The smallest absolute Gasteiger partial charge is 0.261 e. The molecule has 0 aliphatic rings. The van der Waals surface area contributed by atoms with Crippen LogP contribution in [-0.4, -0.2) is 38.4 Å². The maximum atomic E-state index is 13.4. The second kappa shape index (κ2) is 15.9. The second-order valence-corrected chi connectivity index (χ2v) is 11.4. The predicted octanol–water partition coefficient (Wildman–Crippen LogP) is 7.87. The Labute approximate surface area is 239 Å². The van der Waals surface area contributed by atoms with E-state index in [9.17, 15) is 4.79 Å². The quantitative estimate of drug-likeness (QED) is 0.156. The van der Waals surface area contributed by atoms with E-state index in [1.165, 1.54) is 44.1 Å². The molecule has 2 N–H and O–H groups in total. The molecule has 0 fully saturated rings. The number of aromatic amines is 1. The summed E-state index contributed by atoms with van der Waals surface area (Å²) in [6.07, 6.45) is 13.1. The summed E-state index contributed by atoms with van der Waals surface area (Å²) in [5.74, 6) is 1.34. The van der Waals surface area contributed by atoms with Crippen molar-refractivity contribution < 1.29 is 9.53 Å². The van der Waals surface area contributed by atoms with Gasteiger partial charge in [-0.25, -0.2) is 4.98 Å². The van der Waals surface area contributed by atoms with E-state index < -0.39 is 6.10 Å². The number of nitrogens with zero attached hydrogens (tertiary/aromatic N) is 3. The number of amides is 1. The van der Waals surface area contributed by atoms with Gasteiger partial charge < -0.3 is 10.1 Å². The van der Waals surface area contributed by atoms with Gasteiger partial charge in [-0.05, 0) is 56.7 Å². The largest absolute Gasteiger partial charge is 0.480 e. The van der Waals surface area contributed by atoms with Crippen LogP contribution in [0.1, 0.15) is 120 Å². The topological polar surface area (TPSA) is 84.3 Å². The number of halogens is 1. The van der Waals surface area contributed by atoms with Crippen molar-refractivity contribution in [2.24, 2.45) is 0 Å². The van der Waals surface area contributed by atoms with Crippen LogP contribution in [0.15, 0.2) is 18.2 Å². The molecule has 216 valence electrons. The molecule has 1 aromatic carbocycles. The lowest BCUT2D eigenvalue weighted by Crippen LogP contribution is -2.40. The molecule has 0 saturated heterocycles. The van der Waals surface area contributed by atoms with Crippen LogP contribution in [0.5, 0.6) is 5.75 Å². The molecular formula is C31H48ClN5O2. The summed E-state index contributed by atoms with van der Waals surface area (Å²) < 4.78 is 8.09. The minimum absolute atomic E-state index is 0.0680. The van der Waals surface area contributed by atoms with Crippen molar-refractivity contribution in [2.75, 3.05) is 6.54 Å². The van der Waals surface area contributed by atoms with Gasteiger partial charge in [0.15, 0.2) is 17.6 Å². The normalized spacial score (nSPS) is 13.1. The average Bonchev–Trinajstić information content (AvgIpc) is 3.45. The zero-order chi connectivity index (χ0) is 28.2. The summed E-state index contributed by atoms with van der Waals surface area (Å²) in [7, 11) is 0. The Morgan fingerprint density at radius 3 is 2.46 bits per heavy atom. The number of hydrogen-bond donors (Lipinski definition) is 2. The van der Waals surface area contributed by atoms with Crippen molar-refractivity contribution in [3.63, 3.8) is 0 Å². The Bertz CT molecular complexity index is 1170. The summed E-state index contributed by atoms with van der Waals surface area (Å²) in [5.41, 5.74) is 3.78. The van der Waals surface area contributed by atoms with E-state index in [4.69, 9.17) is 16.3 Å². The highest BCUT2D eigenvalue weighted by atomic mass is 35.5.